The molecule has 62 valence electrons. The Labute approximate surface area is 69.2 Å². The summed E-state index contributed by atoms with van der Waals surface area (Å²) >= 11 is 0. The van der Waals surface area contributed by atoms with Crippen LogP contribution in [-0.2, 0) is 0 Å². The molecule has 2 aromatic rings. The van der Waals surface area contributed by atoms with Crippen molar-refractivity contribution < 1.29 is 8.83 Å². The maximum atomic E-state index is 5.14. The Hall–Kier alpha value is -1.58. The van der Waals surface area contributed by atoms with Gasteiger partial charge in [-0.1, -0.05) is 0 Å². The molecule has 0 saturated carbocycles. The number of aryl methyl sites for hydroxylation is 2. The summed E-state index contributed by atoms with van der Waals surface area (Å²) in [5.41, 5.74) is 1.63. The Bertz CT molecular complexity index is 351. The summed E-state index contributed by atoms with van der Waals surface area (Å²) in [4.78, 5) is 7.92. The second-order valence-corrected chi connectivity index (χ2v) is 2.53. The van der Waals surface area contributed by atoms with Crippen molar-refractivity contribution >= 4 is 0 Å². The Morgan fingerprint density at radius 2 is 1.33 bits per heavy atom. The Kier molecular flexibility index (Phi) is 1.46. The van der Waals surface area contributed by atoms with Gasteiger partial charge in [-0.15, -0.1) is 0 Å². The summed E-state index contributed by atoms with van der Waals surface area (Å²) in [5.74, 6) is 1.31. The monoisotopic (exact) mass is 164 g/mol. The van der Waals surface area contributed by atoms with Crippen LogP contribution in [0.5, 0.6) is 0 Å². The minimum atomic E-state index is 0.657. The van der Waals surface area contributed by atoms with Gasteiger partial charge < -0.3 is 8.83 Å². The van der Waals surface area contributed by atoms with Gasteiger partial charge in [0.25, 0.3) is 0 Å². The third kappa shape index (κ3) is 0.922. The molecule has 0 amide bonds. The summed E-state index contributed by atoms with van der Waals surface area (Å²) in [5, 5.41) is 0. The lowest BCUT2D eigenvalue weighted by Gasteiger charge is -1.90. The fourth-order valence-corrected chi connectivity index (χ4v) is 1.04. The molecular formula is C8H8N2O2. The van der Waals surface area contributed by atoms with Gasteiger partial charge in [-0.25, -0.2) is 9.97 Å². The fourth-order valence-electron chi connectivity index (χ4n) is 1.04. The second-order valence-electron chi connectivity index (χ2n) is 2.53. The average molecular weight is 164 g/mol. The molecule has 0 unspecified atom stereocenters. The zero-order valence-electron chi connectivity index (χ0n) is 6.87. The lowest BCUT2D eigenvalue weighted by atomic mass is 10.2. The highest BCUT2D eigenvalue weighted by molar-refractivity contribution is 5.54. The zero-order chi connectivity index (χ0) is 8.55. The molecule has 0 saturated heterocycles. The molecule has 0 aliphatic carbocycles. The van der Waals surface area contributed by atoms with Crippen LogP contribution in [0.2, 0.25) is 0 Å². The maximum absolute atomic E-state index is 5.14. The molecule has 12 heavy (non-hydrogen) atoms. The van der Waals surface area contributed by atoms with Crippen molar-refractivity contribution in [2.75, 3.05) is 0 Å². The Morgan fingerprint density at radius 1 is 0.917 bits per heavy atom. The van der Waals surface area contributed by atoms with E-state index >= 15 is 0 Å². The van der Waals surface area contributed by atoms with E-state index in [1.165, 1.54) is 12.8 Å². The summed E-state index contributed by atoms with van der Waals surface area (Å²) in [6.45, 7) is 3.72. The fraction of sp³-hybridized carbons (Fsp3) is 0.250. The molecule has 2 rings (SSSR count). The van der Waals surface area contributed by atoms with E-state index < -0.39 is 0 Å². The Balaban J connectivity index is 2.57. The van der Waals surface area contributed by atoms with E-state index in [9.17, 15) is 0 Å². The quantitative estimate of drug-likeness (QED) is 0.646. The molecule has 2 heterocycles. The second kappa shape index (κ2) is 2.48. The predicted molar refractivity (Wildman–Crippen MR) is 41.5 cm³/mol. The number of oxazole rings is 2. The third-order valence-electron chi connectivity index (χ3n) is 1.70. The normalized spacial score (nSPS) is 10.5. The van der Waals surface area contributed by atoms with Gasteiger partial charge in [-0.05, 0) is 13.8 Å². The van der Waals surface area contributed by atoms with Crippen molar-refractivity contribution in [3.8, 4) is 11.5 Å². The largest absolute Gasteiger partial charge is 0.440 e. The van der Waals surface area contributed by atoms with Crippen LogP contribution in [0.25, 0.3) is 11.5 Å². The highest BCUT2D eigenvalue weighted by atomic mass is 16.4. The first-order valence-electron chi connectivity index (χ1n) is 3.59. The van der Waals surface area contributed by atoms with Gasteiger partial charge in [0.15, 0.2) is 24.3 Å². The maximum Gasteiger partial charge on any atom is 0.194 e. The molecule has 0 N–H and O–H groups in total. The van der Waals surface area contributed by atoms with Crippen LogP contribution in [0, 0.1) is 13.8 Å². The molecule has 0 aliphatic rings. The molecule has 0 aliphatic heterocycles. The first-order chi connectivity index (χ1) is 5.79. The number of aromatic nitrogens is 2. The van der Waals surface area contributed by atoms with E-state index in [2.05, 4.69) is 9.97 Å². The van der Waals surface area contributed by atoms with Crippen LogP contribution < -0.4 is 0 Å². The molecule has 0 atom stereocenters. The highest BCUT2D eigenvalue weighted by Crippen LogP contribution is 2.24. The molecule has 0 aromatic carbocycles. The summed E-state index contributed by atoms with van der Waals surface area (Å²) in [6.07, 6.45) is 2.79. The van der Waals surface area contributed by atoms with E-state index in [4.69, 9.17) is 8.83 Å². The van der Waals surface area contributed by atoms with Crippen LogP contribution in [-0.4, -0.2) is 9.97 Å². The van der Waals surface area contributed by atoms with Crippen LogP contribution in [0.1, 0.15) is 11.4 Å². The van der Waals surface area contributed by atoms with Crippen molar-refractivity contribution in [2.45, 2.75) is 13.8 Å². The van der Waals surface area contributed by atoms with Gasteiger partial charge >= 0.3 is 0 Å². The molecule has 4 heteroatoms. The summed E-state index contributed by atoms with van der Waals surface area (Å²) in [6, 6.07) is 0. The molecule has 0 bridgehead atoms. The lowest BCUT2D eigenvalue weighted by Crippen LogP contribution is -1.79. The van der Waals surface area contributed by atoms with E-state index in [1.54, 1.807) is 0 Å². The summed E-state index contributed by atoms with van der Waals surface area (Å²) in [7, 11) is 0. The van der Waals surface area contributed by atoms with Crippen LogP contribution in [0.15, 0.2) is 21.6 Å². The zero-order valence-corrected chi connectivity index (χ0v) is 6.87. The van der Waals surface area contributed by atoms with Crippen molar-refractivity contribution in [3.63, 3.8) is 0 Å². The number of nitrogens with zero attached hydrogens (tertiary/aromatic N) is 2. The number of rotatable bonds is 1. The highest BCUT2D eigenvalue weighted by Gasteiger charge is 2.13. The van der Waals surface area contributed by atoms with Gasteiger partial charge in [0.1, 0.15) is 0 Å². The van der Waals surface area contributed by atoms with Crippen LogP contribution >= 0.6 is 0 Å². The van der Waals surface area contributed by atoms with E-state index in [-0.39, 0.29) is 0 Å². The van der Waals surface area contributed by atoms with Crippen LogP contribution in [0.3, 0.4) is 0 Å². The SMILES string of the molecule is Cc1ncoc1-c1ocnc1C. The average Bonchev–Trinajstić information content (AvgIpc) is 2.59. The van der Waals surface area contributed by atoms with Gasteiger partial charge in [-0.2, -0.15) is 0 Å². The van der Waals surface area contributed by atoms with E-state index in [0.717, 1.165) is 11.4 Å². The molecule has 4 nitrogen and oxygen atoms in total. The molecular weight excluding hydrogens is 156 g/mol. The standard InChI is InChI=1S/C8H8N2O2/c1-5-7(11-3-9-5)8-6(2)10-4-12-8/h3-4H,1-2H3. The lowest BCUT2D eigenvalue weighted by molar-refractivity contribution is 0.516. The predicted octanol–water partition coefficient (Wildman–Crippen LogP) is 1.95. The first kappa shape index (κ1) is 7.09. The minimum Gasteiger partial charge on any atom is -0.440 e. The van der Waals surface area contributed by atoms with Gasteiger partial charge in [0.2, 0.25) is 0 Å². The molecule has 0 spiro atoms. The van der Waals surface area contributed by atoms with Crippen molar-refractivity contribution in [1.29, 1.82) is 0 Å². The Morgan fingerprint density at radius 3 is 1.58 bits per heavy atom. The van der Waals surface area contributed by atoms with Crippen molar-refractivity contribution in [3.05, 3.63) is 24.2 Å². The van der Waals surface area contributed by atoms with Gasteiger partial charge in [-0.3, -0.25) is 0 Å². The topological polar surface area (TPSA) is 52.1 Å². The molecule has 0 radical (unpaired) electrons. The first-order valence-corrected chi connectivity index (χ1v) is 3.59. The van der Waals surface area contributed by atoms with Crippen LogP contribution in [0.4, 0.5) is 0 Å². The summed E-state index contributed by atoms with van der Waals surface area (Å²) < 4.78 is 10.3. The minimum absolute atomic E-state index is 0.657. The number of hydrogen-bond acceptors (Lipinski definition) is 4. The molecule has 0 fully saturated rings. The third-order valence-corrected chi connectivity index (χ3v) is 1.70. The van der Waals surface area contributed by atoms with Crippen molar-refractivity contribution in [1.82, 2.24) is 9.97 Å². The smallest absolute Gasteiger partial charge is 0.194 e. The van der Waals surface area contributed by atoms with Gasteiger partial charge in [0.05, 0.1) is 11.4 Å². The van der Waals surface area contributed by atoms with Gasteiger partial charge in [0, 0.05) is 0 Å². The molecule has 2 aromatic heterocycles. The van der Waals surface area contributed by atoms with Crippen molar-refractivity contribution in [2.24, 2.45) is 0 Å². The van der Waals surface area contributed by atoms with E-state index in [0.29, 0.717) is 11.5 Å². The number of hydrogen-bond donors (Lipinski definition) is 0. The van der Waals surface area contributed by atoms with E-state index in [1.807, 2.05) is 13.8 Å².